The van der Waals surface area contributed by atoms with Crippen LogP contribution in [-0.2, 0) is 17.8 Å². The van der Waals surface area contributed by atoms with Crippen LogP contribution in [0.25, 0.3) is 0 Å². The summed E-state index contributed by atoms with van der Waals surface area (Å²) in [6.45, 7) is 10.2. The molecule has 2 N–H and O–H groups in total. The first-order chi connectivity index (χ1) is 13.7. The molecule has 0 unspecified atom stereocenters. The average molecular weight is 513 g/mol. The van der Waals surface area contributed by atoms with Gasteiger partial charge in [-0.3, -0.25) is 4.79 Å². The summed E-state index contributed by atoms with van der Waals surface area (Å²) in [7, 11) is 0. The van der Waals surface area contributed by atoms with Crippen molar-refractivity contribution in [2.45, 2.75) is 52.1 Å². The first-order valence-electron chi connectivity index (χ1n) is 10.8. The molecular weight excluding hydrogens is 477 g/mol. The fourth-order valence-corrected chi connectivity index (χ4v) is 4.09. The minimum absolute atomic E-state index is 0. The number of rotatable bonds is 6. The Labute approximate surface area is 192 Å². The lowest BCUT2D eigenvalue weighted by atomic mass is 10.00. The summed E-state index contributed by atoms with van der Waals surface area (Å²) in [5.41, 5.74) is 2.62. The van der Waals surface area contributed by atoms with Crippen LogP contribution >= 0.6 is 24.0 Å². The van der Waals surface area contributed by atoms with E-state index in [0.29, 0.717) is 12.6 Å². The molecule has 2 aliphatic rings. The highest BCUT2D eigenvalue weighted by molar-refractivity contribution is 14.0. The SMILES string of the molecule is CCCN1CCC(NC(=NCC(=O)N2CCc3ccccc3C2)NCC)CC1.I. The van der Waals surface area contributed by atoms with E-state index in [9.17, 15) is 4.79 Å². The molecule has 162 valence electrons. The van der Waals surface area contributed by atoms with E-state index < -0.39 is 0 Å². The maximum absolute atomic E-state index is 12.7. The van der Waals surface area contributed by atoms with Crippen molar-refractivity contribution in [2.24, 2.45) is 4.99 Å². The summed E-state index contributed by atoms with van der Waals surface area (Å²) < 4.78 is 0. The fraction of sp³-hybridized carbons (Fsp3) is 0.636. The molecule has 29 heavy (non-hydrogen) atoms. The van der Waals surface area contributed by atoms with Gasteiger partial charge in [-0.15, -0.1) is 24.0 Å². The smallest absolute Gasteiger partial charge is 0.244 e. The van der Waals surface area contributed by atoms with E-state index in [1.165, 1.54) is 24.1 Å². The second-order valence-electron chi connectivity index (χ2n) is 7.79. The molecule has 2 heterocycles. The normalized spacial score (nSPS) is 18.0. The van der Waals surface area contributed by atoms with Crippen LogP contribution in [0.15, 0.2) is 29.3 Å². The van der Waals surface area contributed by atoms with Crippen molar-refractivity contribution in [1.29, 1.82) is 0 Å². The minimum atomic E-state index is 0. The van der Waals surface area contributed by atoms with Gasteiger partial charge in [0, 0.05) is 38.8 Å². The summed E-state index contributed by atoms with van der Waals surface area (Å²) in [5, 5.41) is 6.83. The number of piperidine rings is 1. The maximum Gasteiger partial charge on any atom is 0.244 e. The number of fused-ring (bicyclic) bond motifs is 1. The molecule has 0 radical (unpaired) electrons. The van der Waals surface area contributed by atoms with Crippen molar-refractivity contribution in [3.63, 3.8) is 0 Å². The summed E-state index contributed by atoms with van der Waals surface area (Å²) in [6.07, 6.45) is 4.40. The molecule has 2 aliphatic heterocycles. The third kappa shape index (κ3) is 7.13. The molecule has 1 amide bonds. The van der Waals surface area contributed by atoms with E-state index in [0.717, 1.165) is 51.4 Å². The number of guanidine groups is 1. The van der Waals surface area contributed by atoms with Gasteiger partial charge in [-0.05, 0) is 50.3 Å². The van der Waals surface area contributed by atoms with Gasteiger partial charge in [-0.2, -0.15) is 0 Å². The van der Waals surface area contributed by atoms with E-state index in [4.69, 9.17) is 0 Å². The van der Waals surface area contributed by atoms with Crippen molar-refractivity contribution >= 4 is 35.8 Å². The topological polar surface area (TPSA) is 60.0 Å². The third-order valence-corrected chi connectivity index (χ3v) is 5.67. The predicted molar refractivity (Wildman–Crippen MR) is 130 cm³/mol. The Morgan fingerprint density at radius 1 is 1.14 bits per heavy atom. The molecule has 0 saturated carbocycles. The molecule has 6 nitrogen and oxygen atoms in total. The Bertz CT molecular complexity index is 673. The maximum atomic E-state index is 12.7. The van der Waals surface area contributed by atoms with E-state index in [2.05, 4.69) is 52.6 Å². The molecule has 1 fully saturated rings. The van der Waals surface area contributed by atoms with Gasteiger partial charge in [-0.1, -0.05) is 31.2 Å². The highest BCUT2D eigenvalue weighted by Crippen LogP contribution is 2.18. The van der Waals surface area contributed by atoms with Crippen LogP contribution in [0.5, 0.6) is 0 Å². The Hall–Kier alpha value is -1.35. The lowest BCUT2D eigenvalue weighted by Crippen LogP contribution is -2.49. The summed E-state index contributed by atoms with van der Waals surface area (Å²) in [4.78, 5) is 21.7. The molecule has 0 spiro atoms. The van der Waals surface area contributed by atoms with E-state index in [-0.39, 0.29) is 36.4 Å². The molecular formula is C22H36IN5O. The van der Waals surface area contributed by atoms with Crippen molar-refractivity contribution < 1.29 is 4.79 Å². The summed E-state index contributed by atoms with van der Waals surface area (Å²) in [5.74, 6) is 0.867. The summed E-state index contributed by atoms with van der Waals surface area (Å²) >= 11 is 0. The summed E-state index contributed by atoms with van der Waals surface area (Å²) in [6, 6.07) is 8.83. The number of benzene rings is 1. The zero-order valence-corrected chi connectivity index (χ0v) is 20.2. The molecule has 3 rings (SSSR count). The lowest BCUT2D eigenvalue weighted by Gasteiger charge is -2.33. The first-order valence-corrected chi connectivity index (χ1v) is 10.8. The number of hydrogen-bond acceptors (Lipinski definition) is 3. The quantitative estimate of drug-likeness (QED) is 0.349. The van der Waals surface area contributed by atoms with E-state index in [1.54, 1.807) is 0 Å². The Balaban J connectivity index is 0.00000300. The molecule has 0 bridgehead atoms. The third-order valence-electron chi connectivity index (χ3n) is 5.67. The van der Waals surface area contributed by atoms with Gasteiger partial charge in [0.05, 0.1) is 0 Å². The highest BCUT2D eigenvalue weighted by Gasteiger charge is 2.21. The van der Waals surface area contributed by atoms with Crippen LogP contribution < -0.4 is 10.6 Å². The standard InChI is InChI=1S/C22H35N5O.HI/c1-3-12-26-13-10-20(11-14-26)25-22(23-4-2)24-16-21(28)27-15-9-18-7-5-6-8-19(18)17-27;/h5-8,20H,3-4,9-17H2,1-2H3,(H2,23,24,25);1H. The molecule has 1 aromatic carbocycles. The Morgan fingerprint density at radius 2 is 1.86 bits per heavy atom. The predicted octanol–water partition coefficient (Wildman–Crippen LogP) is 2.62. The van der Waals surface area contributed by atoms with Crippen LogP contribution in [0.3, 0.4) is 0 Å². The Morgan fingerprint density at radius 3 is 2.55 bits per heavy atom. The molecule has 7 heteroatoms. The zero-order chi connectivity index (χ0) is 19.8. The van der Waals surface area contributed by atoms with Gasteiger partial charge in [0.15, 0.2) is 5.96 Å². The fourth-order valence-electron chi connectivity index (χ4n) is 4.09. The van der Waals surface area contributed by atoms with Gasteiger partial charge in [0.1, 0.15) is 6.54 Å². The van der Waals surface area contributed by atoms with Crippen molar-refractivity contribution in [3.8, 4) is 0 Å². The average Bonchev–Trinajstić information content (AvgIpc) is 2.73. The number of carbonyl (C=O) groups is 1. The highest BCUT2D eigenvalue weighted by atomic mass is 127. The molecule has 0 aromatic heterocycles. The number of likely N-dealkylation sites (tertiary alicyclic amines) is 1. The molecule has 1 aromatic rings. The second kappa shape index (κ2) is 12.4. The van der Waals surface area contributed by atoms with Crippen LogP contribution in [0.1, 0.15) is 44.2 Å². The van der Waals surface area contributed by atoms with Gasteiger partial charge < -0.3 is 20.4 Å². The monoisotopic (exact) mass is 513 g/mol. The van der Waals surface area contributed by atoms with Crippen LogP contribution in [0.2, 0.25) is 0 Å². The van der Waals surface area contributed by atoms with Crippen LogP contribution in [-0.4, -0.2) is 67.0 Å². The number of nitrogens with one attached hydrogen (secondary N) is 2. The Kier molecular flexibility index (Phi) is 10.2. The van der Waals surface area contributed by atoms with Gasteiger partial charge >= 0.3 is 0 Å². The number of halogens is 1. The number of carbonyl (C=O) groups excluding carboxylic acids is 1. The van der Waals surface area contributed by atoms with Crippen LogP contribution in [0.4, 0.5) is 0 Å². The number of nitrogens with zero attached hydrogens (tertiary/aromatic N) is 3. The van der Waals surface area contributed by atoms with Crippen molar-refractivity contribution in [3.05, 3.63) is 35.4 Å². The van der Waals surface area contributed by atoms with Gasteiger partial charge in [-0.25, -0.2) is 4.99 Å². The zero-order valence-electron chi connectivity index (χ0n) is 17.8. The lowest BCUT2D eigenvalue weighted by molar-refractivity contribution is -0.130. The molecule has 1 saturated heterocycles. The van der Waals surface area contributed by atoms with Crippen molar-refractivity contribution in [1.82, 2.24) is 20.4 Å². The largest absolute Gasteiger partial charge is 0.357 e. The van der Waals surface area contributed by atoms with Crippen LogP contribution in [0, 0.1) is 0 Å². The number of aliphatic imine (C=N–C) groups is 1. The van der Waals surface area contributed by atoms with E-state index >= 15 is 0 Å². The number of amides is 1. The van der Waals surface area contributed by atoms with Gasteiger partial charge in [0.25, 0.3) is 0 Å². The van der Waals surface area contributed by atoms with Gasteiger partial charge in [0.2, 0.25) is 5.91 Å². The molecule has 0 atom stereocenters. The first kappa shape index (κ1) is 23.9. The number of hydrogen-bond donors (Lipinski definition) is 2. The second-order valence-corrected chi connectivity index (χ2v) is 7.79. The minimum Gasteiger partial charge on any atom is -0.357 e. The van der Waals surface area contributed by atoms with E-state index in [1.807, 2.05) is 11.0 Å². The molecule has 0 aliphatic carbocycles. The van der Waals surface area contributed by atoms with Crippen molar-refractivity contribution in [2.75, 3.05) is 39.3 Å².